The number of hydrogen-bond donors (Lipinski definition) is 2. The van der Waals surface area contributed by atoms with E-state index < -0.39 is 0 Å². The molecule has 0 aromatic rings. The van der Waals surface area contributed by atoms with E-state index in [1.54, 1.807) is 5.57 Å². The minimum atomic E-state index is 0. The summed E-state index contributed by atoms with van der Waals surface area (Å²) >= 11 is 0. The lowest BCUT2D eigenvalue weighted by Gasteiger charge is -2.11. The zero-order chi connectivity index (χ0) is 10.5. The van der Waals surface area contributed by atoms with E-state index in [4.69, 9.17) is 5.73 Å². The Morgan fingerprint density at radius 3 is 2.88 bits per heavy atom. The maximum absolute atomic E-state index is 5.75. The van der Waals surface area contributed by atoms with Crippen LogP contribution in [0.5, 0.6) is 0 Å². The number of halogens is 1. The number of aliphatic imine (C=N–C) groups is 1. The fraction of sp³-hybridized carbons (Fsp3) is 0.750. The lowest BCUT2D eigenvalue weighted by Crippen LogP contribution is -2.33. The molecule has 0 spiro atoms. The molecule has 16 heavy (non-hydrogen) atoms. The predicted octanol–water partition coefficient (Wildman–Crippen LogP) is 2.56. The second-order valence-electron chi connectivity index (χ2n) is 4.54. The van der Waals surface area contributed by atoms with Crippen molar-refractivity contribution in [2.24, 2.45) is 10.7 Å². The molecule has 0 unspecified atom stereocenters. The fourth-order valence-corrected chi connectivity index (χ4v) is 1.93. The summed E-state index contributed by atoms with van der Waals surface area (Å²) in [5.41, 5.74) is 7.32. The van der Waals surface area contributed by atoms with Crippen molar-refractivity contribution in [3.05, 3.63) is 11.6 Å². The quantitative estimate of drug-likeness (QED) is 0.359. The molecule has 0 radical (unpaired) electrons. The average Bonchev–Trinajstić information content (AvgIpc) is 3.03. The molecule has 1 fully saturated rings. The van der Waals surface area contributed by atoms with Crippen molar-refractivity contribution in [2.45, 2.75) is 51.0 Å². The first-order chi connectivity index (χ1) is 7.34. The number of allylic oxidation sites excluding steroid dienone is 1. The Morgan fingerprint density at radius 2 is 2.25 bits per heavy atom. The number of nitrogens with two attached hydrogens (primary N) is 1. The minimum Gasteiger partial charge on any atom is -0.370 e. The van der Waals surface area contributed by atoms with Crippen LogP contribution in [0, 0.1) is 0 Å². The van der Waals surface area contributed by atoms with E-state index in [9.17, 15) is 0 Å². The van der Waals surface area contributed by atoms with Gasteiger partial charge >= 0.3 is 0 Å². The van der Waals surface area contributed by atoms with Crippen molar-refractivity contribution in [1.29, 1.82) is 0 Å². The van der Waals surface area contributed by atoms with E-state index in [-0.39, 0.29) is 24.0 Å². The zero-order valence-corrected chi connectivity index (χ0v) is 12.1. The maximum atomic E-state index is 5.75. The summed E-state index contributed by atoms with van der Waals surface area (Å²) in [4.78, 5) is 4.34. The van der Waals surface area contributed by atoms with Gasteiger partial charge in [0.05, 0.1) is 0 Å². The smallest absolute Gasteiger partial charge is 0.188 e. The number of nitrogens with one attached hydrogen (secondary N) is 1. The van der Waals surface area contributed by atoms with Crippen LogP contribution in [-0.2, 0) is 0 Å². The third-order valence-corrected chi connectivity index (χ3v) is 3.03. The summed E-state index contributed by atoms with van der Waals surface area (Å²) in [7, 11) is 0. The van der Waals surface area contributed by atoms with Gasteiger partial charge in [0, 0.05) is 12.6 Å². The van der Waals surface area contributed by atoms with Crippen LogP contribution in [0.15, 0.2) is 16.6 Å². The van der Waals surface area contributed by atoms with Gasteiger partial charge in [0.25, 0.3) is 0 Å². The Morgan fingerprint density at radius 1 is 1.44 bits per heavy atom. The van der Waals surface area contributed by atoms with Crippen LogP contribution < -0.4 is 11.1 Å². The molecule has 3 nitrogen and oxygen atoms in total. The molecular weight excluding hydrogens is 313 g/mol. The van der Waals surface area contributed by atoms with Crippen LogP contribution in [0.3, 0.4) is 0 Å². The Kier molecular flexibility index (Phi) is 6.16. The summed E-state index contributed by atoms with van der Waals surface area (Å²) in [5.74, 6) is 0.633. The Labute approximate surface area is 115 Å². The zero-order valence-electron chi connectivity index (χ0n) is 9.74. The summed E-state index contributed by atoms with van der Waals surface area (Å²) in [6.07, 6.45) is 11.2. The van der Waals surface area contributed by atoms with E-state index in [0.717, 1.165) is 13.0 Å². The molecule has 0 heterocycles. The number of nitrogens with zero attached hydrogens (tertiary/aromatic N) is 1. The van der Waals surface area contributed by atoms with Crippen LogP contribution in [0.2, 0.25) is 0 Å². The van der Waals surface area contributed by atoms with Gasteiger partial charge in [-0.15, -0.1) is 24.0 Å². The molecule has 0 aromatic heterocycles. The first kappa shape index (κ1) is 13.8. The first-order valence-corrected chi connectivity index (χ1v) is 6.09. The normalized spacial score (nSPS) is 21.0. The average molecular weight is 335 g/mol. The SMILES string of the molecule is I.NC(=NCCC1=CCCCC1)NC1CC1. The summed E-state index contributed by atoms with van der Waals surface area (Å²) < 4.78 is 0. The van der Waals surface area contributed by atoms with Gasteiger partial charge in [0.15, 0.2) is 5.96 Å². The summed E-state index contributed by atoms with van der Waals surface area (Å²) in [5, 5.41) is 3.20. The number of hydrogen-bond acceptors (Lipinski definition) is 1. The van der Waals surface area contributed by atoms with Crippen LogP contribution >= 0.6 is 24.0 Å². The van der Waals surface area contributed by atoms with Crippen LogP contribution in [0.25, 0.3) is 0 Å². The Balaban J connectivity index is 0.00000128. The van der Waals surface area contributed by atoms with Crippen LogP contribution in [-0.4, -0.2) is 18.5 Å². The van der Waals surface area contributed by atoms with Crippen molar-refractivity contribution < 1.29 is 0 Å². The molecular formula is C12H22IN3. The molecule has 3 N–H and O–H groups in total. The molecule has 0 aliphatic heterocycles. The number of rotatable bonds is 4. The van der Waals surface area contributed by atoms with Gasteiger partial charge in [-0.2, -0.15) is 0 Å². The largest absolute Gasteiger partial charge is 0.370 e. The van der Waals surface area contributed by atoms with Crippen molar-refractivity contribution >= 4 is 29.9 Å². The summed E-state index contributed by atoms with van der Waals surface area (Å²) in [6.45, 7) is 0.845. The molecule has 2 aliphatic carbocycles. The predicted molar refractivity (Wildman–Crippen MR) is 79.2 cm³/mol. The molecule has 92 valence electrons. The van der Waals surface area contributed by atoms with Crippen molar-refractivity contribution in [2.75, 3.05) is 6.54 Å². The maximum Gasteiger partial charge on any atom is 0.188 e. The lowest BCUT2D eigenvalue weighted by atomic mass is 9.97. The molecule has 2 aliphatic rings. The lowest BCUT2D eigenvalue weighted by molar-refractivity contribution is 0.675. The van der Waals surface area contributed by atoms with Gasteiger partial charge in [-0.05, 0) is 44.9 Å². The molecule has 0 amide bonds. The van der Waals surface area contributed by atoms with Gasteiger partial charge in [0.2, 0.25) is 0 Å². The van der Waals surface area contributed by atoms with Crippen LogP contribution in [0.1, 0.15) is 44.9 Å². The van der Waals surface area contributed by atoms with E-state index in [1.807, 2.05) is 0 Å². The Hall–Kier alpha value is -0.260. The first-order valence-electron chi connectivity index (χ1n) is 6.09. The molecule has 4 heteroatoms. The molecule has 2 rings (SSSR count). The van der Waals surface area contributed by atoms with Gasteiger partial charge in [-0.25, -0.2) is 0 Å². The molecule has 0 saturated heterocycles. The van der Waals surface area contributed by atoms with Crippen molar-refractivity contribution in [3.63, 3.8) is 0 Å². The second kappa shape index (κ2) is 7.14. The fourth-order valence-electron chi connectivity index (χ4n) is 1.93. The molecule has 0 aromatic carbocycles. The van der Waals surface area contributed by atoms with Gasteiger partial charge in [-0.3, -0.25) is 4.99 Å². The van der Waals surface area contributed by atoms with E-state index >= 15 is 0 Å². The third kappa shape index (κ3) is 5.18. The van der Waals surface area contributed by atoms with Gasteiger partial charge in [-0.1, -0.05) is 11.6 Å². The van der Waals surface area contributed by atoms with Crippen molar-refractivity contribution in [1.82, 2.24) is 5.32 Å². The van der Waals surface area contributed by atoms with Gasteiger partial charge in [0.1, 0.15) is 0 Å². The Bertz CT molecular complexity index is 269. The van der Waals surface area contributed by atoms with Crippen molar-refractivity contribution in [3.8, 4) is 0 Å². The topological polar surface area (TPSA) is 50.4 Å². The highest BCUT2D eigenvalue weighted by atomic mass is 127. The summed E-state index contributed by atoms with van der Waals surface area (Å²) in [6, 6.07) is 0.614. The third-order valence-electron chi connectivity index (χ3n) is 3.03. The standard InChI is InChI=1S/C12H21N3.HI/c13-12(15-11-6-7-11)14-9-8-10-4-2-1-3-5-10;/h4,11H,1-3,5-9H2,(H3,13,14,15);1H. The van der Waals surface area contributed by atoms with Gasteiger partial charge < -0.3 is 11.1 Å². The van der Waals surface area contributed by atoms with E-state index in [2.05, 4.69) is 16.4 Å². The highest BCUT2D eigenvalue weighted by Crippen LogP contribution is 2.20. The molecule has 1 saturated carbocycles. The molecule has 0 atom stereocenters. The molecule has 0 bridgehead atoms. The van der Waals surface area contributed by atoms with E-state index in [0.29, 0.717) is 12.0 Å². The second-order valence-corrected chi connectivity index (χ2v) is 4.54. The minimum absolute atomic E-state index is 0. The van der Waals surface area contributed by atoms with E-state index in [1.165, 1.54) is 38.5 Å². The van der Waals surface area contributed by atoms with Crippen LogP contribution in [0.4, 0.5) is 0 Å². The monoisotopic (exact) mass is 335 g/mol. The number of guanidine groups is 1. The highest BCUT2D eigenvalue weighted by molar-refractivity contribution is 14.0. The highest BCUT2D eigenvalue weighted by Gasteiger charge is 2.21.